The number of anilines is 1. The number of para-hydroxylation sites is 1. The fourth-order valence-corrected chi connectivity index (χ4v) is 2.46. The molecule has 0 aromatic heterocycles. The fraction of sp³-hybridized carbons (Fsp3) is 0.158. The number of nitrogens with zero attached hydrogens (tertiary/aromatic N) is 1. The molecule has 1 aromatic rings. The molecule has 2 rings (SSSR count). The van der Waals surface area contributed by atoms with Crippen molar-refractivity contribution in [3.05, 3.63) is 72.4 Å². The Balaban J connectivity index is 2.47. The van der Waals surface area contributed by atoms with Gasteiger partial charge in [0.05, 0.1) is 18.7 Å². The van der Waals surface area contributed by atoms with Gasteiger partial charge in [-0.3, -0.25) is 9.59 Å². The maximum atomic E-state index is 12.5. The van der Waals surface area contributed by atoms with Gasteiger partial charge in [0.2, 0.25) is 5.91 Å². The molecular weight excluding hydrogens is 290 g/mol. The van der Waals surface area contributed by atoms with E-state index >= 15 is 0 Å². The van der Waals surface area contributed by atoms with Crippen LogP contribution < -0.4 is 4.90 Å². The van der Waals surface area contributed by atoms with Crippen LogP contribution in [0, 0.1) is 0 Å². The largest absolute Gasteiger partial charge is 0.481 e. The van der Waals surface area contributed by atoms with Crippen LogP contribution in [-0.2, 0) is 9.59 Å². The Hall–Kier alpha value is -2.88. The van der Waals surface area contributed by atoms with Crippen molar-refractivity contribution < 1.29 is 14.7 Å². The monoisotopic (exact) mass is 309 g/mol. The lowest BCUT2D eigenvalue weighted by atomic mass is 10.0. The van der Waals surface area contributed by atoms with Gasteiger partial charge in [-0.2, -0.15) is 0 Å². The lowest BCUT2D eigenvalue weighted by molar-refractivity contribution is -0.138. The smallest absolute Gasteiger partial charge is 0.303 e. The predicted molar refractivity (Wildman–Crippen MR) is 92.1 cm³/mol. The Morgan fingerprint density at radius 2 is 1.87 bits per heavy atom. The molecule has 1 aromatic carbocycles. The molecule has 1 aliphatic rings. The Labute approximate surface area is 135 Å². The second kappa shape index (κ2) is 7.40. The summed E-state index contributed by atoms with van der Waals surface area (Å²) < 4.78 is 0. The fourth-order valence-electron chi connectivity index (χ4n) is 2.46. The lowest BCUT2D eigenvalue weighted by Gasteiger charge is -2.27. The molecule has 0 aliphatic carbocycles. The highest BCUT2D eigenvalue weighted by molar-refractivity contribution is 5.97. The van der Waals surface area contributed by atoms with Crippen LogP contribution in [0.1, 0.15) is 18.4 Å². The third-order valence-electron chi connectivity index (χ3n) is 3.69. The van der Waals surface area contributed by atoms with E-state index in [2.05, 4.69) is 13.2 Å². The highest BCUT2D eigenvalue weighted by atomic mass is 16.4. The number of hydrogen-bond donors (Lipinski definition) is 1. The molecule has 1 N–H and O–H groups in total. The Bertz CT molecular complexity index is 713. The molecule has 0 saturated carbocycles. The first-order valence-electron chi connectivity index (χ1n) is 7.34. The van der Waals surface area contributed by atoms with Crippen LogP contribution in [-0.4, -0.2) is 23.5 Å². The molecule has 0 atom stereocenters. The second-order valence-corrected chi connectivity index (χ2v) is 5.15. The number of hydrogen-bond acceptors (Lipinski definition) is 2. The first-order chi connectivity index (χ1) is 11.1. The van der Waals surface area contributed by atoms with E-state index in [-0.39, 0.29) is 18.7 Å². The van der Waals surface area contributed by atoms with Gasteiger partial charge in [0.25, 0.3) is 0 Å². The minimum atomic E-state index is -0.982. The summed E-state index contributed by atoms with van der Waals surface area (Å²) >= 11 is 0. The Morgan fingerprint density at radius 3 is 2.52 bits per heavy atom. The van der Waals surface area contributed by atoms with Crippen molar-refractivity contribution in [2.75, 3.05) is 11.4 Å². The van der Waals surface area contributed by atoms with Gasteiger partial charge in [0.15, 0.2) is 0 Å². The summed E-state index contributed by atoms with van der Waals surface area (Å²) in [4.78, 5) is 24.9. The second-order valence-electron chi connectivity index (χ2n) is 5.15. The van der Waals surface area contributed by atoms with Gasteiger partial charge >= 0.3 is 5.97 Å². The van der Waals surface area contributed by atoms with Crippen LogP contribution in [0.2, 0.25) is 0 Å². The number of carboxylic acid groups (broad SMARTS) is 1. The summed E-state index contributed by atoms with van der Waals surface area (Å²) in [5.41, 5.74) is 3.43. The molecule has 23 heavy (non-hydrogen) atoms. The van der Waals surface area contributed by atoms with Crippen molar-refractivity contribution >= 4 is 23.6 Å². The van der Waals surface area contributed by atoms with Crippen LogP contribution in [0.4, 0.5) is 5.69 Å². The number of allylic oxidation sites excluding steroid dienone is 3. The number of rotatable bonds is 5. The highest BCUT2D eigenvalue weighted by Crippen LogP contribution is 2.28. The number of fused-ring (bicyclic) bond motifs is 1. The van der Waals surface area contributed by atoms with Crippen LogP contribution in [0.15, 0.2) is 66.8 Å². The van der Waals surface area contributed by atoms with Crippen molar-refractivity contribution in [1.82, 2.24) is 0 Å². The molecule has 118 valence electrons. The van der Waals surface area contributed by atoms with Crippen molar-refractivity contribution in [3.8, 4) is 0 Å². The zero-order valence-corrected chi connectivity index (χ0v) is 12.9. The van der Waals surface area contributed by atoms with Crippen molar-refractivity contribution in [1.29, 1.82) is 0 Å². The summed E-state index contributed by atoms with van der Waals surface area (Å²) in [7, 11) is 0. The molecule has 0 spiro atoms. The quantitative estimate of drug-likeness (QED) is 0.904. The van der Waals surface area contributed by atoms with Gasteiger partial charge in [-0.15, -0.1) is 0 Å². The van der Waals surface area contributed by atoms with E-state index in [1.54, 1.807) is 17.1 Å². The third kappa shape index (κ3) is 3.86. The third-order valence-corrected chi connectivity index (χ3v) is 3.69. The van der Waals surface area contributed by atoms with Gasteiger partial charge in [0.1, 0.15) is 0 Å². The van der Waals surface area contributed by atoms with Gasteiger partial charge in [-0.1, -0.05) is 55.7 Å². The van der Waals surface area contributed by atoms with E-state index in [0.717, 1.165) is 22.4 Å². The van der Waals surface area contributed by atoms with E-state index in [9.17, 15) is 9.59 Å². The summed E-state index contributed by atoms with van der Waals surface area (Å²) in [6.45, 7) is 7.95. The van der Waals surface area contributed by atoms with E-state index in [1.165, 1.54) is 0 Å². The van der Waals surface area contributed by atoms with Gasteiger partial charge in [-0.05, 0) is 22.8 Å². The molecule has 0 fully saturated rings. The Morgan fingerprint density at radius 1 is 1.13 bits per heavy atom. The average Bonchev–Trinajstić information content (AvgIpc) is 2.54. The summed E-state index contributed by atoms with van der Waals surface area (Å²) in [5.74, 6) is -1.21. The zero-order valence-electron chi connectivity index (χ0n) is 12.9. The molecule has 0 radical (unpaired) electrons. The number of carbonyl (C=O) groups excluding carboxylic acids is 1. The van der Waals surface area contributed by atoms with Crippen LogP contribution >= 0.6 is 0 Å². The number of carbonyl (C=O) groups is 2. The highest BCUT2D eigenvalue weighted by Gasteiger charge is 2.21. The SMILES string of the molecule is C=CC1=C(\C=C)CN(C(=O)CCC(=O)O)c2ccccc2/C=C\1. The lowest BCUT2D eigenvalue weighted by Crippen LogP contribution is -2.34. The van der Waals surface area contributed by atoms with Gasteiger partial charge in [0, 0.05) is 6.42 Å². The normalized spacial score (nSPS) is 18.3. The predicted octanol–water partition coefficient (Wildman–Crippen LogP) is 3.58. The standard InChI is InChI=1S/C19H19NO3/c1-3-14-9-10-16-7-5-6-8-17(16)20(13-15(14)4-2)18(21)11-12-19(22)23/h3-10H,1-2,11-13H2,(H,22,23)/b10-9-,15-14-. The molecule has 4 heteroatoms. The Kier molecular flexibility index (Phi) is 5.31. The van der Waals surface area contributed by atoms with Crippen molar-refractivity contribution in [3.63, 3.8) is 0 Å². The van der Waals surface area contributed by atoms with E-state index in [1.807, 2.05) is 36.4 Å². The molecule has 1 amide bonds. The number of amides is 1. The molecule has 4 nitrogen and oxygen atoms in total. The summed E-state index contributed by atoms with van der Waals surface area (Å²) in [5, 5.41) is 8.81. The summed E-state index contributed by atoms with van der Waals surface area (Å²) in [6.07, 6.45) is 7.07. The molecule has 1 aliphatic heterocycles. The van der Waals surface area contributed by atoms with Crippen LogP contribution in [0.3, 0.4) is 0 Å². The van der Waals surface area contributed by atoms with Crippen molar-refractivity contribution in [2.24, 2.45) is 0 Å². The minimum Gasteiger partial charge on any atom is -0.481 e. The maximum absolute atomic E-state index is 12.5. The minimum absolute atomic E-state index is 0.0404. The van der Waals surface area contributed by atoms with Crippen molar-refractivity contribution in [2.45, 2.75) is 12.8 Å². The molecule has 0 bridgehead atoms. The van der Waals surface area contributed by atoms with Gasteiger partial charge < -0.3 is 10.0 Å². The zero-order chi connectivity index (χ0) is 16.8. The molecular formula is C19H19NO3. The van der Waals surface area contributed by atoms with E-state index in [4.69, 9.17) is 5.11 Å². The first kappa shape index (κ1) is 16.5. The maximum Gasteiger partial charge on any atom is 0.303 e. The van der Waals surface area contributed by atoms with Crippen LogP contribution in [0.25, 0.3) is 6.08 Å². The topological polar surface area (TPSA) is 57.6 Å². The van der Waals surface area contributed by atoms with Gasteiger partial charge in [-0.25, -0.2) is 0 Å². The van der Waals surface area contributed by atoms with E-state index < -0.39 is 5.97 Å². The average molecular weight is 309 g/mol. The molecule has 0 unspecified atom stereocenters. The number of carboxylic acids is 1. The number of benzene rings is 1. The molecule has 1 heterocycles. The summed E-state index contributed by atoms with van der Waals surface area (Å²) in [6, 6.07) is 7.54. The first-order valence-corrected chi connectivity index (χ1v) is 7.34. The van der Waals surface area contributed by atoms with Crippen LogP contribution in [0.5, 0.6) is 0 Å². The molecule has 0 saturated heterocycles. The van der Waals surface area contributed by atoms with E-state index in [0.29, 0.717) is 6.54 Å². The number of aliphatic carboxylic acids is 1.